The molecule has 1 heterocycles. The van der Waals surface area contributed by atoms with E-state index in [1.54, 1.807) is 0 Å². The molecule has 0 aliphatic rings. The summed E-state index contributed by atoms with van der Waals surface area (Å²) in [6.45, 7) is 8.19. The Kier molecular flexibility index (Phi) is 4.44. The van der Waals surface area contributed by atoms with E-state index in [1.165, 1.54) is 0 Å². The average Bonchev–Trinajstić information content (AvgIpc) is 2.17. The van der Waals surface area contributed by atoms with Crippen LogP contribution in [0.4, 0.5) is 0 Å². The lowest BCUT2D eigenvalue weighted by Gasteiger charge is -2.37. The number of pyridine rings is 1. The van der Waals surface area contributed by atoms with E-state index in [1.807, 2.05) is 24.4 Å². The zero-order valence-corrected chi connectivity index (χ0v) is 10.8. The number of rotatable bonds is 4. The van der Waals surface area contributed by atoms with Crippen LogP contribution in [-0.4, -0.2) is 29.5 Å². The second-order valence-electron chi connectivity index (χ2n) is 5.35. The van der Waals surface area contributed by atoms with Crippen LogP contribution in [0.5, 0.6) is 0 Å². The molecule has 1 aromatic rings. The van der Waals surface area contributed by atoms with Gasteiger partial charge in [0, 0.05) is 25.3 Å². The summed E-state index contributed by atoms with van der Waals surface area (Å²) in [4.78, 5) is 6.62. The van der Waals surface area contributed by atoms with Crippen molar-refractivity contribution in [2.75, 3.05) is 13.6 Å². The second kappa shape index (κ2) is 5.41. The van der Waals surface area contributed by atoms with Crippen LogP contribution in [0.3, 0.4) is 0 Å². The lowest BCUT2D eigenvalue weighted by molar-refractivity contribution is 0.124. The molecule has 3 heteroatoms. The van der Waals surface area contributed by atoms with E-state index in [0.717, 1.165) is 12.2 Å². The molecule has 1 atom stereocenters. The fraction of sp³-hybridized carbons (Fsp3) is 0.615. The number of hydrogen-bond acceptors (Lipinski definition) is 3. The second-order valence-corrected chi connectivity index (χ2v) is 5.35. The van der Waals surface area contributed by atoms with Crippen molar-refractivity contribution in [3.8, 4) is 0 Å². The number of nitrogens with zero attached hydrogens (tertiary/aromatic N) is 2. The number of hydrogen-bond donors (Lipinski definition) is 1. The van der Waals surface area contributed by atoms with E-state index in [9.17, 15) is 0 Å². The summed E-state index contributed by atoms with van der Waals surface area (Å²) in [6, 6.07) is 6.37. The summed E-state index contributed by atoms with van der Waals surface area (Å²) >= 11 is 0. The third-order valence-corrected chi connectivity index (χ3v) is 2.89. The largest absolute Gasteiger partial charge is 0.329 e. The Labute approximate surface area is 98.7 Å². The number of likely N-dealkylation sites (N-methyl/N-ethyl adjacent to an activating group) is 1. The minimum Gasteiger partial charge on any atom is -0.329 e. The summed E-state index contributed by atoms with van der Waals surface area (Å²) < 4.78 is 0. The van der Waals surface area contributed by atoms with Crippen LogP contribution in [0.2, 0.25) is 0 Å². The highest BCUT2D eigenvalue weighted by molar-refractivity contribution is 5.03. The Balaban J connectivity index is 2.67. The first kappa shape index (κ1) is 13.1. The minimum atomic E-state index is 0.193. The normalized spacial score (nSPS) is 14.1. The van der Waals surface area contributed by atoms with Gasteiger partial charge in [0.05, 0.1) is 5.69 Å². The van der Waals surface area contributed by atoms with Gasteiger partial charge in [-0.25, -0.2) is 0 Å². The van der Waals surface area contributed by atoms with Gasteiger partial charge in [0.1, 0.15) is 0 Å². The van der Waals surface area contributed by atoms with Gasteiger partial charge in [0.2, 0.25) is 0 Å². The van der Waals surface area contributed by atoms with Crippen LogP contribution in [0.1, 0.15) is 26.5 Å². The Morgan fingerprint density at radius 3 is 2.50 bits per heavy atom. The maximum atomic E-state index is 5.85. The average molecular weight is 221 g/mol. The summed E-state index contributed by atoms with van der Waals surface area (Å²) in [5, 5.41) is 0. The van der Waals surface area contributed by atoms with Crippen molar-refractivity contribution in [1.29, 1.82) is 0 Å². The highest BCUT2D eigenvalue weighted by Gasteiger charge is 2.26. The first-order valence-electron chi connectivity index (χ1n) is 5.75. The van der Waals surface area contributed by atoms with Crippen LogP contribution in [0.15, 0.2) is 24.4 Å². The van der Waals surface area contributed by atoms with Crippen molar-refractivity contribution in [1.82, 2.24) is 9.88 Å². The molecule has 0 saturated heterocycles. The predicted octanol–water partition coefficient (Wildman–Crippen LogP) is 1.89. The molecule has 0 aromatic carbocycles. The van der Waals surface area contributed by atoms with Gasteiger partial charge in [-0.15, -0.1) is 0 Å². The maximum Gasteiger partial charge on any atom is 0.0543 e. The van der Waals surface area contributed by atoms with Crippen LogP contribution in [-0.2, 0) is 6.54 Å². The van der Waals surface area contributed by atoms with E-state index in [2.05, 4.69) is 37.7 Å². The predicted molar refractivity (Wildman–Crippen MR) is 68.0 cm³/mol. The van der Waals surface area contributed by atoms with Gasteiger partial charge >= 0.3 is 0 Å². The lowest BCUT2D eigenvalue weighted by Crippen LogP contribution is -2.46. The standard InChI is InChI=1S/C13H23N3/c1-13(2,3)12(9-14)16(4)10-11-7-5-6-8-15-11/h5-8,12H,9-10,14H2,1-4H3. The number of nitrogens with two attached hydrogens (primary N) is 1. The van der Waals surface area contributed by atoms with Gasteiger partial charge in [-0.3, -0.25) is 9.88 Å². The molecule has 90 valence electrons. The van der Waals surface area contributed by atoms with Crippen molar-refractivity contribution in [3.63, 3.8) is 0 Å². The summed E-state index contributed by atoms with van der Waals surface area (Å²) in [5.41, 5.74) is 7.13. The smallest absolute Gasteiger partial charge is 0.0543 e. The molecule has 1 unspecified atom stereocenters. The first-order valence-corrected chi connectivity index (χ1v) is 5.75. The molecule has 2 N–H and O–H groups in total. The third kappa shape index (κ3) is 3.58. The molecule has 16 heavy (non-hydrogen) atoms. The van der Waals surface area contributed by atoms with Crippen molar-refractivity contribution in [2.24, 2.45) is 11.1 Å². The Bertz CT molecular complexity index is 303. The van der Waals surface area contributed by atoms with Gasteiger partial charge < -0.3 is 5.73 Å². The molecule has 0 aliphatic heterocycles. The SMILES string of the molecule is CN(Cc1ccccn1)C(CN)C(C)(C)C. The number of aromatic nitrogens is 1. The van der Waals surface area contributed by atoms with E-state index in [-0.39, 0.29) is 5.41 Å². The summed E-state index contributed by atoms with van der Waals surface area (Å²) in [5.74, 6) is 0. The van der Waals surface area contributed by atoms with Crippen molar-refractivity contribution in [2.45, 2.75) is 33.4 Å². The molecular formula is C13H23N3. The van der Waals surface area contributed by atoms with Crippen LogP contribution in [0.25, 0.3) is 0 Å². The van der Waals surface area contributed by atoms with Gasteiger partial charge in [-0.05, 0) is 24.6 Å². The van der Waals surface area contributed by atoms with Gasteiger partial charge in [0.15, 0.2) is 0 Å². The molecule has 3 nitrogen and oxygen atoms in total. The molecule has 0 spiro atoms. The Morgan fingerprint density at radius 1 is 1.38 bits per heavy atom. The monoisotopic (exact) mass is 221 g/mol. The maximum absolute atomic E-state index is 5.85. The summed E-state index contributed by atoms with van der Waals surface area (Å²) in [6.07, 6.45) is 1.83. The van der Waals surface area contributed by atoms with E-state index < -0.39 is 0 Å². The van der Waals surface area contributed by atoms with Crippen LogP contribution >= 0.6 is 0 Å². The van der Waals surface area contributed by atoms with Crippen LogP contribution < -0.4 is 5.73 Å². The molecule has 0 aliphatic carbocycles. The highest BCUT2D eigenvalue weighted by atomic mass is 15.2. The molecule has 0 amide bonds. The van der Waals surface area contributed by atoms with Gasteiger partial charge in [0.25, 0.3) is 0 Å². The molecule has 0 fully saturated rings. The zero-order valence-electron chi connectivity index (χ0n) is 10.8. The molecule has 1 aromatic heterocycles. The lowest BCUT2D eigenvalue weighted by atomic mass is 9.86. The fourth-order valence-electron chi connectivity index (χ4n) is 2.05. The van der Waals surface area contributed by atoms with E-state index >= 15 is 0 Å². The third-order valence-electron chi connectivity index (χ3n) is 2.89. The summed E-state index contributed by atoms with van der Waals surface area (Å²) in [7, 11) is 2.11. The molecule has 0 bridgehead atoms. The van der Waals surface area contributed by atoms with Gasteiger partial charge in [-0.1, -0.05) is 26.8 Å². The first-order chi connectivity index (χ1) is 7.45. The Hall–Kier alpha value is -0.930. The van der Waals surface area contributed by atoms with Crippen molar-refractivity contribution < 1.29 is 0 Å². The molecule has 0 radical (unpaired) electrons. The quantitative estimate of drug-likeness (QED) is 0.844. The molecule has 1 rings (SSSR count). The van der Waals surface area contributed by atoms with Crippen LogP contribution in [0, 0.1) is 5.41 Å². The van der Waals surface area contributed by atoms with Crippen molar-refractivity contribution in [3.05, 3.63) is 30.1 Å². The van der Waals surface area contributed by atoms with Gasteiger partial charge in [-0.2, -0.15) is 0 Å². The zero-order chi connectivity index (χ0) is 12.2. The molecule has 0 saturated carbocycles. The van der Waals surface area contributed by atoms with Crippen molar-refractivity contribution >= 4 is 0 Å². The fourth-order valence-corrected chi connectivity index (χ4v) is 2.05. The molecular weight excluding hydrogens is 198 g/mol. The highest BCUT2D eigenvalue weighted by Crippen LogP contribution is 2.23. The minimum absolute atomic E-state index is 0.193. The topological polar surface area (TPSA) is 42.2 Å². The Morgan fingerprint density at radius 2 is 2.06 bits per heavy atom. The van der Waals surface area contributed by atoms with E-state index in [4.69, 9.17) is 5.73 Å². The van der Waals surface area contributed by atoms with E-state index in [0.29, 0.717) is 12.6 Å².